The van der Waals surface area contributed by atoms with E-state index in [1.54, 1.807) is 23.2 Å². The zero-order chi connectivity index (χ0) is 37.9. The maximum Gasteiger partial charge on any atom is 0.256 e. The molecule has 0 atom stereocenters. The lowest BCUT2D eigenvalue weighted by Crippen LogP contribution is -2.49. The second-order valence-corrected chi connectivity index (χ2v) is 16.1. The molecule has 2 aliphatic heterocycles. The van der Waals surface area contributed by atoms with Gasteiger partial charge in [-0.05, 0) is 79.6 Å². The number of rotatable bonds is 13. The lowest BCUT2D eigenvalue weighted by atomic mass is 10.1. The average molecular weight is 767 g/mol. The molecule has 1 aromatic heterocycles. The average Bonchev–Trinajstić information content (AvgIpc) is 4.06. The number of hydrogen-bond donors (Lipinski definition) is 1. The Bertz CT molecular complexity index is 2380. The van der Waals surface area contributed by atoms with Crippen molar-refractivity contribution in [3.63, 3.8) is 0 Å². The number of carbonyl (C=O) groups is 1. The quantitative estimate of drug-likeness (QED) is 0.151. The highest BCUT2D eigenvalue weighted by atomic mass is 32.2. The molecule has 11 nitrogen and oxygen atoms in total. The van der Waals surface area contributed by atoms with Gasteiger partial charge in [-0.25, -0.2) is 12.8 Å². The third-order valence-corrected chi connectivity index (χ3v) is 12.2. The minimum Gasteiger partial charge on any atom is -0.494 e. The summed E-state index contributed by atoms with van der Waals surface area (Å²) in [5.74, 6) is 0.560. The largest absolute Gasteiger partial charge is 0.494 e. The smallest absolute Gasteiger partial charge is 0.256 e. The lowest BCUT2D eigenvalue weighted by Gasteiger charge is -2.35. The Kier molecular flexibility index (Phi) is 10.5. The van der Waals surface area contributed by atoms with Gasteiger partial charge in [0.1, 0.15) is 30.3 Å². The van der Waals surface area contributed by atoms with Gasteiger partial charge in [0, 0.05) is 56.4 Å². The van der Waals surface area contributed by atoms with Gasteiger partial charge in [0.05, 0.1) is 22.7 Å². The first-order chi connectivity index (χ1) is 26.7. The molecule has 13 heteroatoms. The zero-order valence-corrected chi connectivity index (χ0v) is 31.2. The van der Waals surface area contributed by atoms with Crippen LogP contribution in [0.1, 0.15) is 46.8 Å². The van der Waals surface area contributed by atoms with Crippen LogP contribution in [0.4, 0.5) is 10.1 Å². The summed E-state index contributed by atoms with van der Waals surface area (Å²) in [4.78, 5) is 29.0. The Morgan fingerprint density at radius 3 is 2.40 bits per heavy atom. The van der Waals surface area contributed by atoms with Crippen molar-refractivity contribution in [2.45, 2.75) is 43.0 Å². The number of sulfonamides is 1. The number of amides is 1. The molecule has 3 aliphatic rings. The molecule has 8 rings (SSSR count). The van der Waals surface area contributed by atoms with Crippen molar-refractivity contribution >= 4 is 32.5 Å². The summed E-state index contributed by atoms with van der Waals surface area (Å²) in [7, 11) is -3.82. The van der Waals surface area contributed by atoms with Crippen molar-refractivity contribution in [2.75, 3.05) is 57.4 Å². The van der Waals surface area contributed by atoms with E-state index >= 15 is 4.39 Å². The van der Waals surface area contributed by atoms with Crippen molar-refractivity contribution in [1.29, 1.82) is 0 Å². The number of benzene rings is 4. The Labute approximate surface area is 319 Å². The van der Waals surface area contributed by atoms with Crippen LogP contribution in [0.3, 0.4) is 0 Å². The number of aromatic nitrogens is 1. The number of ether oxygens (including phenoxy) is 3. The van der Waals surface area contributed by atoms with Crippen LogP contribution < -0.4 is 29.9 Å². The molecule has 3 heterocycles. The molecule has 0 radical (unpaired) electrons. The predicted molar refractivity (Wildman–Crippen MR) is 208 cm³/mol. The van der Waals surface area contributed by atoms with E-state index in [1.807, 2.05) is 47.0 Å². The Hall–Kier alpha value is -5.40. The Balaban J connectivity index is 0.915. The third kappa shape index (κ3) is 8.04. The summed E-state index contributed by atoms with van der Waals surface area (Å²) in [5.41, 5.74) is 2.55. The number of nitrogens with zero attached hydrogens (tertiary/aromatic N) is 3. The van der Waals surface area contributed by atoms with Crippen LogP contribution in [0.2, 0.25) is 0 Å². The Morgan fingerprint density at radius 2 is 1.62 bits per heavy atom. The number of carbonyl (C=O) groups excluding carboxylic acids is 1. The minimum atomic E-state index is -3.82. The highest BCUT2D eigenvalue weighted by Gasteiger charge is 2.32. The number of fused-ring (bicyclic) bond motifs is 2. The highest BCUT2D eigenvalue weighted by molar-refractivity contribution is 7.89. The second kappa shape index (κ2) is 15.8. The molecule has 286 valence electrons. The number of halogens is 1. The molecule has 1 saturated carbocycles. The summed E-state index contributed by atoms with van der Waals surface area (Å²) < 4.78 is 63.2. The molecule has 1 N–H and O–H groups in total. The molecule has 0 spiro atoms. The van der Waals surface area contributed by atoms with E-state index in [9.17, 15) is 18.0 Å². The number of anilines is 1. The number of piperazine rings is 1. The third-order valence-electron chi connectivity index (χ3n) is 10.3. The Morgan fingerprint density at radius 1 is 0.855 bits per heavy atom. The van der Waals surface area contributed by atoms with E-state index in [4.69, 9.17) is 14.2 Å². The molecular formula is C42H43FN4O7S. The normalized spacial score (nSPS) is 15.9. The van der Waals surface area contributed by atoms with Crippen molar-refractivity contribution in [2.24, 2.45) is 0 Å². The van der Waals surface area contributed by atoms with Crippen LogP contribution in [-0.4, -0.2) is 75.7 Å². The van der Waals surface area contributed by atoms with E-state index in [0.29, 0.717) is 49.8 Å². The standard InChI is InChI=1S/C42H43FN4O7S/c43-36-26-34-37(27-38(36)45-17-19-46(20-18-45)55(50,51)33-13-14-39-40(25-33)54-23-22-53-39)47(31-11-12-31)28-35(41(34)48)42(49)44-16-15-30-8-4-10-32(24-30)52-21-5-9-29-6-2-1-3-7-29/h1-4,6-8,10,13-14,24-28,31H,5,9,11-12,15-23H2,(H,44,49). The van der Waals surface area contributed by atoms with E-state index in [-0.39, 0.29) is 53.8 Å². The number of pyridine rings is 1. The summed E-state index contributed by atoms with van der Waals surface area (Å²) in [6, 6.07) is 25.6. The number of hydrogen-bond acceptors (Lipinski definition) is 8. The van der Waals surface area contributed by atoms with Gasteiger partial charge < -0.3 is 29.0 Å². The van der Waals surface area contributed by atoms with Gasteiger partial charge in [0.25, 0.3) is 5.91 Å². The van der Waals surface area contributed by atoms with Crippen molar-refractivity contribution in [1.82, 2.24) is 14.2 Å². The first-order valence-electron chi connectivity index (χ1n) is 18.8. The molecule has 4 aromatic carbocycles. The summed E-state index contributed by atoms with van der Waals surface area (Å²) in [5, 5.41) is 3.02. The zero-order valence-electron chi connectivity index (χ0n) is 30.4. The lowest BCUT2D eigenvalue weighted by molar-refractivity contribution is 0.0952. The fourth-order valence-electron chi connectivity index (χ4n) is 7.24. The minimum absolute atomic E-state index is 0.0278. The fraction of sp³-hybridized carbons (Fsp3) is 0.333. The van der Waals surface area contributed by atoms with E-state index in [2.05, 4.69) is 17.4 Å². The number of aryl methyl sites for hydroxylation is 1. The molecule has 0 unspecified atom stereocenters. The van der Waals surface area contributed by atoms with Crippen LogP contribution in [0.5, 0.6) is 17.2 Å². The topological polar surface area (TPSA) is 119 Å². The van der Waals surface area contributed by atoms with Crippen molar-refractivity contribution in [3.8, 4) is 17.2 Å². The van der Waals surface area contributed by atoms with Gasteiger partial charge in [0.2, 0.25) is 15.5 Å². The maximum atomic E-state index is 15.9. The molecule has 0 bridgehead atoms. The SMILES string of the molecule is O=C(NCCc1cccc(OCCCc2ccccc2)c1)c1cn(C2CC2)c2cc(N3CCN(S(=O)(=O)c4ccc5c(c4)OCCO5)CC3)c(F)cc2c1=O. The van der Waals surface area contributed by atoms with E-state index in [0.717, 1.165) is 37.0 Å². The summed E-state index contributed by atoms with van der Waals surface area (Å²) in [6.45, 7) is 2.45. The van der Waals surface area contributed by atoms with Gasteiger partial charge in [-0.15, -0.1) is 0 Å². The van der Waals surface area contributed by atoms with Crippen LogP contribution in [0, 0.1) is 5.82 Å². The first kappa shape index (κ1) is 36.6. The second-order valence-electron chi connectivity index (χ2n) is 14.1. The van der Waals surface area contributed by atoms with Gasteiger partial charge in [-0.2, -0.15) is 4.31 Å². The van der Waals surface area contributed by atoms with Crippen molar-refractivity contribution in [3.05, 3.63) is 124 Å². The summed E-state index contributed by atoms with van der Waals surface area (Å²) >= 11 is 0. The predicted octanol–water partition coefficient (Wildman–Crippen LogP) is 5.74. The van der Waals surface area contributed by atoms with Crippen LogP contribution in [-0.2, 0) is 22.9 Å². The van der Waals surface area contributed by atoms with Gasteiger partial charge in [-0.3, -0.25) is 9.59 Å². The van der Waals surface area contributed by atoms with E-state index < -0.39 is 27.2 Å². The van der Waals surface area contributed by atoms with Gasteiger partial charge in [0.15, 0.2) is 11.5 Å². The highest BCUT2D eigenvalue weighted by Crippen LogP contribution is 2.39. The first-order valence-corrected chi connectivity index (χ1v) is 20.3. The van der Waals surface area contributed by atoms with Crippen LogP contribution >= 0.6 is 0 Å². The molecule has 1 aliphatic carbocycles. The molecule has 2 fully saturated rings. The molecule has 1 saturated heterocycles. The van der Waals surface area contributed by atoms with Crippen molar-refractivity contribution < 1.29 is 31.8 Å². The molecule has 5 aromatic rings. The fourth-order valence-corrected chi connectivity index (χ4v) is 8.68. The van der Waals surface area contributed by atoms with E-state index in [1.165, 1.54) is 28.1 Å². The molecular weight excluding hydrogens is 724 g/mol. The number of nitrogens with one attached hydrogen (secondary N) is 1. The van der Waals surface area contributed by atoms with Crippen LogP contribution in [0.15, 0.2) is 101 Å². The van der Waals surface area contributed by atoms with Crippen LogP contribution in [0.25, 0.3) is 10.9 Å². The maximum absolute atomic E-state index is 15.9. The van der Waals surface area contributed by atoms with Gasteiger partial charge in [-0.1, -0.05) is 42.5 Å². The molecule has 1 amide bonds. The molecule has 55 heavy (non-hydrogen) atoms. The summed E-state index contributed by atoms with van der Waals surface area (Å²) in [6.07, 6.45) is 5.74. The van der Waals surface area contributed by atoms with Gasteiger partial charge >= 0.3 is 0 Å². The monoisotopic (exact) mass is 766 g/mol.